The van der Waals surface area contributed by atoms with Crippen LogP contribution < -0.4 is 19.9 Å². The van der Waals surface area contributed by atoms with Crippen LogP contribution in [0.15, 0.2) is 48.5 Å². The Balaban J connectivity index is 1.93. The fourth-order valence-corrected chi connectivity index (χ4v) is 4.02. The zero-order valence-electron chi connectivity index (χ0n) is 16.0. The molecule has 0 atom stereocenters. The molecule has 2 aromatic carbocycles. The molecule has 29 heavy (non-hydrogen) atoms. The van der Waals surface area contributed by atoms with Gasteiger partial charge in [-0.25, -0.2) is 22.0 Å². The first-order chi connectivity index (χ1) is 13.4. The molecule has 0 aliphatic carbocycles. The zero-order chi connectivity index (χ0) is 21.7. The number of primary sulfonamides is 1. The summed E-state index contributed by atoms with van der Waals surface area (Å²) in [6.45, 7) is 3.76. The third-order valence-electron chi connectivity index (χ3n) is 3.43. The molecule has 0 heterocycles. The van der Waals surface area contributed by atoms with Crippen LogP contribution in [0.25, 0.3) is 0 Å². The quantitative estimate of drug-likeness (QED) is 0.539. The molecule has 0 bridgehead atoms. The van der Waals surface area contributed by atoms with E-state index < -0.39 is 31.7 Å². The summed E-state index contributed by atoms with van der Waals surface area (Å²) in [6, 6.07) is 12.2. The van der Waals surface area contributed by atoms with E-state index in [-0.39, 0.29) is 11.9 Å². The van der Waals surface area contributed by atoms with E-state index in [0.29, 0.717) is 22.7 Å². The van der Waals surface area contributed by atoms with Crippen molar-refractivity contribution in [3.63, 3.8) is 0 Å². The molecule has 4 N–H and O–H groups in total. The minimum absolute atomic E-state index is 0.00462. The Morgan fingerprint density at radius 3 is 2.03 bits per heavy atom. The second kappa shape index (κ2) is 9.25. The first-order valence-corrected chi connectivity index (χ1v) is 12.0. The molecule has 2 aromatic rings. The maximum atomic E-state index is 12.2. The van der Waals surface area contributed by atoms with Crippen molar-refractivity contribution in [3.05, 3.63) is 54.1 Å². The van der Waals surface area contributed by atoms with E-state index >= 15 is 0 Å². The Morgan fingerprint density at radius 2 is 1.52 bits per heavy atom. The standard InChI is InChI=1S/C18H23N3O6S2/c1-13(2)27-17-9-7-16(8-10-17)21-29(25,26)12-18(22)20-15-5-3-14(4-6-15)11-28(19,23)24/h3-10,13,21H,11-12H2,1-2H3,(H,20,22)(H2,19,23,24). The second-order valence-electron chi connectivity index (χ2n) is 6.60. The number of carbonyl (C=O) groups excluding carboxylic acids is 1. The van der Waals surface area contributed by atoms with Crippen LogP contribution in [0.4, 0.5) is 11.4 Å². The van der Waals surface area contributed by atoms with Crippen LogP contribution in [0.1, 0.15) is 19.4 Å². The van der Waals surface area contributed by atoms with Gasteiger partial charge in [0.2, 0.25) is 26.0 Å². The number of anilines is 2. The Kier molecular flexibility index (Phi) is 7.22. The molecule has 0 spiro atoms. The number of amides is 1. The van der Waals surface area contributed by atoms with Gasteiger partial charge in [-0.05, 0) is 55.8 Å². The van der Waals surface area contributed by atoms with Gasteiger partial charge in [0.25, 0.3) is 0 Å². The van der Waals surface area contributed by atoms with E-state index in [1.807, 2.05) is 13.8 Å². The summed E-state index contributed by atoms with van der Waals surface area (Å²) in [5.41, 5.74) is 1.09. The maximum absolute atomic E-state index is 12.2. The third kappa shape index (κ3) is 8.50. The SMILES string of the molecule is CC(C)Oc1ccc(NS(=O)(=O)CC(=O)Nc2ccc(CS(N)(=O)=O)cc2)cc1. The van der Waals surface area contributed by atoms with Gasteiger partial charge in [-0.2, -0.15) is 0 Å². The van der Waals surface area contributed by atoms with Crippen LogP contribution >= 0.6 is 0 Å². The lowest BCUT2D eigenvalue weighted by Crippen LogP contribution is -2.27. The van der Waals surface area contributed by atoms with Crippen LogP contribution in [0.2, 0.25) is 0 Å². The summed E-state index contributed by atoms with van der Waals surface area (Å²) < 4.78 is 54.3. The van der Waals surface area contributed by atoms with Crippen molar-refractivity contribution in [1.82, 2.24) is 0 Å². The fraction of sp³-hybridized carbons (Fsp3) is 0.278. The molecule has 0 aliphatic heterocycles. The van der Waals surface area contributed by atoms with Crippen molar-refractivity contribution < 1.29 is 26.4 Å². The van der Waals surface area contributed by atoms with Gasteiger partial charge >= 0.3 is 0 Å². The van der Waals surface area contributed by atoms with Gasteiger partial charge in [0.15, 0.2) is 0 Å². The maximum Gasteiger partial charge on any atom is 0.241 e. The third-order valence-corrected chi connectivity index (χ3v) is 5.35. The van der Waals surface area contributed by atoms with Gasteiger partial charge in [-0.3, -0.25) is 9.52 Å². The van der Waals surface area contributed by atoms with E-state index in [4.69, 9.17) is 9.88 Å². The summed E-state index contributed by atoms with van der Waals surface area (Å²) in [5.74, 6) is -1.25. The average Bonchev–Trinajstić information content (AvgIpc) is 2.56. The topological polar surface area (TPSA) is 145 Å². The number of rotatable bonds is 9. The molecule has 0 saturated heterocycles. The number of hydrogen-bond donors (Lipinski definition) is 3. The number of benzene rings is 2. The number of nitrogens with one attached hydrogen (secondary N) is 2. The number of carbonyl (C=O) groups is 1. The van der Waals surface area contributed by atoms with Crippen LogP contribution in [0.3, 0.4) is 0 Å². The summed E-state index contributed by atoms with van der Waals surface area (Å²) in [7, 11) is -7.58. The van der Waals surface area contributed by atoms with Crippen molar-refractivity contribution in [2.24, 2.45) is 5.14 Å². The van der Waals surface area contributed by atoms with Crippen LogP contribution in [0, 0.1) is 0 Å². The predicted octanol–water partition coefficient (Wildman–Crippen LogP) is 1.64. The van der Waals surface area contributed by atoms with Gasteiger partial charge in [0.05, 0.1) is 11.9 Å². The van der Waals surface area contributed by atoms with Crippen molar-refractivity contribution in [2.75, 3.05) is 15.8 Å². The minimum Gasteiger partial charge on any atom is -0.491 e. The van der Waals surface area contributed by atoms with Gasteiger partial charge < -0.3 is 10.1 Å². The highest BCUT2D eigenvalue weighted by Gasteiger charge is 2.17. The Hall–Kier alpha value is -2.63. The molecule has 0 radical (unpaired) electrons. The summed E-state index contributed by atoms with van der Waals surface area (Å²) in [6.07, 6.45) is -0.00462. The van der Waals surface area contributed by atoms with Crippen molar-refractivity contribution in [1.29, 1.82) is 0 Å². The van der Waals surface area contributed by atoms with E-state index in [1.54, 1.807) is 12.1 Å². The van der Waals surface area contributed by atoms with Crippen LogP contribution in [-0.4, -0.2) is 34.6 Å². The van der Waals surface area contributed by atoms with Crippen LogP contribution in [-0.2, 0) is 30.6 Å². The van der Waals surface area contributed by atoms with Gasteiger partial charge in [-0.15, -0.1) is 0 Å². The monoisotopic (exact) mass is 441 g/mol. The number of sulfonamides is 2. The number of ether oxygens (including phenoxy) is 1. The highest BCUT2D eigenvalue weighted by molar-refractivity contribution is 7.93. The second-order valence-corrected chi connectivity index (χ2v) is 9.94. The molecule has 11 heteroatoms. The number of nitrogens with two attached hydrogens (primary N) is 1. The van der Waals surface area contributed by atoms with Crippen molar-refractivity contribution in [2.45, 2.75) is 25.7 Å². The molecule has 0 aliphatic rings. The van der Waals surface area contributed by atoms with Crippen molar-refractivity contribution >= 4 is 37.3 Å². The van der Waals surface area contributed by atoms with Gasteiger partial charge in [-0.1, -0.05) is 12.1 Å². The zero-order valence-corrected chi connectivity index (χ0v) is 17.6. The van der Waals surface area contributed by atoms with E-state index in [9.17, 15) is 21.6 Å². The minimum atomic E-state index is -3.92. The molecule has 1 amide bonds. The summed E-state index contributed by atoms with van der Waals surface area (Å²) in [4.78, 5) is 12.0. The van der Waals surface area contributed by atoms with Gasteiger partial charge in [0, 0.05) is 11.4 Å². The molecule has 0 unspecified atom stereocenters. The molecule has 158 valence electrons. The van der Waals surface area contributed by atoms with E-state index in [2.05, 4.69) is 10.0 Å². The highest BCUT2D eigenvalue weighted by atomic mass is 32.2. The summed E-state index contributed by atoms with van der Waals surface area (Å²) in [5, 5.41) is 7.42. The molecule has 0 fully saturated rings. The first kappa shape index (κ1) is 22.7. The largest absolute Gasteiger partial charge is 0.491 e. The molecule has 0 saturated carbocycles. The highest BCUT2D eigenvalue weighted by Crippen LogP contribution is 2.18. The molecule has 0 aromatic heterocycles. The normalized spacial score (nSPS) is 11.9. The molecule has 2 rings (SSSR count). The average molecular weight is 442 g/mol. The lowest BCUT2D eigenvalue weighted by atomic mass is 10.2. The fourth-order valence-electron chi connectivity index (χ4n) is 2.38. The van der Waals surface area contributed by atoms with Crippen molar-refractivity contribution in [3.8, 4) is 5.75 Å². The predicted molar refractivity (Wildman–Crippen MR) is 111 cm³/mol. The lowest BCUT2D eigenvalue weighted by Gasteiger charge is -2.12. The molecule has 9 nitrogen and oxygen atoms in total. The Labute approximate surface area is 170 Å². The van der Waals surface area contributed by atoms with Crippen LogP contribution in [0.5, 0.6) is 5.75 Å². The van der Waals surface area contributed by atoms with E-state index in [1.165, 1.54) is 36.4 Å². The summed E-state index contributed by atoms with van der Waals surface area (Å²) >= 11 is 0. The smallest absolute Gasteiger partial charge is 0.241 e. The first-order valence-electron chi connectivity index (χ1n) is 8.58. The number of hydrogen-bond acceptors (Lipinski definition) is 6. The Bertz CT molecular complexity index is 1050. The van der Waals surface area contributed by atoms with Gasteiger partial charge in [0.1, 0.15) is 11.5 Å². The molecular formula is C18H23N3O6S2. The Morgan fingerprint density at radius 1 is 0.966 bits per heavy atom. The lowest BCUT2D eigenvalue weighted by molar-refractivity contribution is -0.113. The van der Waals surface area contributed by atoms with E-state index in [0.717, 1.165) is 0 Å². The molecular weight excluding hydrogens is 418 g/mol.